The van der Waals surface area contributed by atoms with Gasteiger partial charge in [0, 0.05) is 35.4 Å². The summed E-state index contributed by atoms with van der Waals surface area (Å²) in [6, 6.07) is 9.89. The van der Waals surface area contributed by atoms with Crippen molar-refractivity contribution in [2.24, 2.45) is 0 Å². The zero-order valence-corrected chi connectivity index (χ0v) is 18.0. The average molecular weight is 438 g/mol. The van der Waals surface area contributed by atoms with Crippen LogP contribution in [0.1, 0.15) is 19.8 Å². The van der Waals surface area contributed by atoms with Crippen molar-refractivity contribution in [3.05, 3.63) is 42.7 Å². The number of hydrogen-bond acceptors (Lipinski definition) is 6. The van der Waals surface area contributed by atoms with Crippen LogP contribution in [0.5, 0.6) is 0 Å². The van der Waals surface area contributed by atoms with Gasteiger partial charge in [-0.2, -0.15) is 0 Å². The molecule has 1 N–H and O–H groups in total. The molecule has 1 saturated heterocycles. The SMILES string of the molecule is C[C@@H]1COCCN1c1nc(-c2cccc3[nH]ccc23)nc2c1ccn2S(=O)(=O)C1CC1. The van der Waals surface area contributed by atoms with Crippen LogP contribution in [-0.4, -0.2) is 58.4 Å². The van der Waals surface area contributed by atoms with E-state index in [0.717, 1.165) is 27.7 Å². The van der Waals surface area contributed by atoms with Gasteiger partial charge in [0.25, 0.3) is 0 Å². The van der Waals surface area contributed by atoms with Gasteiger partial charge in [-0.05, 0) is 38.0 Å². The molecular weight excluding hydrogens is 414 g/mol. The summed E-state index contributed by atoms with van der Waals surface area (Å²) in [5, 5.41) is 1.44. The van der Waals surface area contributed by atoms with E-state index in [1.807, 2.05) is 36.5 Å². The minimum absolute atomic E-state index is 0.131. The highest BCUT2D eigenvalue weighted by atomic mass is 32.2. The first-order chi connectivity index (χ1) is 15.0. The van der Waals surface area contributed by atoms with Crippen molar-refractivity contribution in [2.75, 3.05) is 24.7 Å². The molecule has 3 aromatic heterocycles. The van der Waals surface area contributed by atoms with E-state index in [1.165, 1.54) is 3.97 Å². The molecule has 0 spiro atoms. The fraction of sp³-hybridized carbons (Fsp3) is 0.364. The molecule has 0 bridgehead atoms. The molecule has 4 aromatic rings. The van der Waals surface area contributed by atoms with Crippen LogP contribution in [0, 0.1) is 0 Å². The van der Waals surface area contributed by atoms with Crippen molar-refractivity contribution in [1.82, 2.24) is 18.9 Å². The Morgan fingerprint density at radius 2 is 2.00 bits per heavy atom. The fourth-order valence-corrected chi connectivity index (χ4v) is 6.03. The molecule has 1 aliphatic carbocycles. The van der Waals surface area contributed by atoms with Crippen LogP contribution >= 0.6 is 0 Å². The fourth-order valence-electron chi connectivity index (χ4n) is 4.37. The van der Waals surface area contributed by atoms with Gasteiger partial charge in [0.15, 0.2) is 11.5 Å². The third kappa shape index (κ3) is 2.95. The molecule has 0 amide bonds. The molecule has 0 radical (unpaired) electrons. The zero-order valence-electron chi connectivity index (χ0n) is 17.2. The number of H-pyrrole nitrogens is 1. The summed E-state index contributed by atoms with van der Waals surface area (Å²) in [6.07, 6.45) is 4.92. The second-order valence-corrected chi connectivity index (χ2v) is 10.4. The molecule has 2 aliphatic rings. The molecule has 1 aliphatic heterocycles. The Kier molecular flexibility index (Phi) is 4.13. The van der Waals surface area contributed by atoms with Gasteiger partial charge < -0.3 is 14.6 Å². The van der Waals surface area contributed by atoms with Crippen LogP contribution in [0.25, 0.3) is 33.3 Å². The van der Waals surface area contributed by atoms with E-state index in [9.17, 15) is 8.42 Å². The maximum Gasteiger partial charge on any atom is 0.243 e. The van der Waals surface area contributed by atoms with Gasteiger partial charge in [0.1, 0.15) is 5.82 Å². The third-order valence-corrected chi connectivity index (χ3v) is 8.34. The van der Waals surface area contributed by atoms with Gasteiger partial charge in [0.2, 0.25) is 10.0 Å². The number of aromatic amines is 1. The number of nitrogens with one attached hydrogen (secondary N) is 1. The minimum atomic E-state index is -3.46. The number of nitrogens with zero attached hydrogens (tertiary/aromatic N) is 4. The second-order valence-electron chi connectivity index (χ2n) is 8.33. The summed E-state index contributed by atoms with van der Waals surface area (Å²) in [4.78, 5) is 15.2. The summed E-state index contributed by atoms with van der Waals surface area (Å²) in [6.45, 7) is 4.01. The third-order valence-electron chi connectivity index (χ3n) is 6.19. The summed E-state index contributed by atoms with van der Waals surface area (Å²) in [5.41, 5.74) is 2.31. The van der Waals surface area contributed by atoms with E-state index in [1.54, 1.807) is 6.20 Å². The lowest BCUT2D eigenvalue weighted by atomic mass is 10.1. The Hall–Kier alpha value is -2.91. The molecule has 0 unspecified atom stereocenters. The second kappa shape index (κ2) is 6.80. The van der Waals surface area contributed by atoms with Gasteiger partial charge in [-0.25, -0.2) is 22.4 Å². The molecule has 1 saturated carbocycles. The number of morpholine rings is 1. The molecule has 31 heavy (non-hydrogen) atoms. The van der Waals surface area contributed by atoms with Crippen molar-refractivity contribution in [2.45, 2.75) is 31.1 Å². The van der Waals surface area contributed by atoms with E-state index in [-0.39, 0.29) is 11.3 Å². The van der Waals surface area contributed by atoms with Crippen LogP contribution in [0.2, 0.25) is 0 Å². The van der Waals surface area contributed by atoms with E-state index >= 15 is 0 Å². The lowest BCUT2D eigenvalue weighted by Gasteiger charge is -2.34. The van der Waals surface area contributed by atoms with Crippen LogP contribution in [0.4, 0.5) is 5.82 Å². The largest absolute Gasteiger partial charge is 0.377 e. The number of aromatic nitrogens is 4. The van der Waals surface area contributed by atoms with Crippen LogP contribution < -0.4 is 4.90 Å². The number of hydrogen-bond donors (Lipinski definition) is 1. The van der Waals surface area contributed by atoms with Gasteiger partial charge in [-0.15, -0.1) is 0 Å². The molecule has 160 valence electrons. The van der Waals surface area contributed by atoms with Gasteiger partial charge in [0.05, 0.1) is 29.9 Å². The Morgan fingerprint density at radius 1 is 1.13 bits per heavy atom. The van der Waals surface area contributed by atoms with E-state index < -0.39 is 10.0 Å². The Bertz CT molecular complexity index is 1400. The molecular formula is C22H23N5O3S. The predicted octanol–water partition coefficient (Wildman–Crippen LogP) is 3.15. The highest BCUT2D eigenvalue weighted by molar-refractivity contribution is 7.91. The first-order valence-electron chi connectivity index (χ1n) is 10.6. The first-order valence-corrected chi connectivity index (χ1v) is 12.1. The number of rotatable bonds is 4. The minimum Gasteiger partial charge on any atom is -0.377 e. The maximum absolute atomic E-state index is 13.1. The lowest BCUT2D eigenvalue weighted by molar-refractivity contribution is 0.0987. The molecule has 8 nitrogen and oxygen atoms in total. The number of fused-ring (bicyclic) bond motifs is 2. The molecule has 4 heterocycles. The number of ether oxygens (including phenoxy) is 1. The van der Waals surface area contributed by atoms with Crippen LogP contribution in [0.3, 0.4) is 0 Å². The van der Waals surface area contributed by atoms with Crippen LogP contribution in [-0.2, 0) is 14.8 Å². The van der Waals surface area contributed by atoms with E-state index in [2.05, 4.69) is 16.8 Å². The zero-order chi connectivity index (χ0) is 21.2. The lowest BCUT2D eigenvalue weighted by Crippen LogP contribution is -2.44. The van der Waals surface area contributed by atoms with Crippen molar-refractivity contribution in [1.29, 1.82) is 0 Å². The van der Waals surface area contributed by atoms with Gasteiger partial charge in [-0.3, -0.25) is 0 Å². The van der Waals surface area contributed by atoms with E-state index in [4.69, 9.17) is 14.7 Å². The standard InChI is InChI=1S/C22H23N5O3S/c1-14-13-30-12-11-26(14)21-18-8-10-27(31(28,29)15-5-6-15)22(18)25-20(24-21)17-3-2-4-19-16(17)7-9-23-19/h2-4,7-10,14-15,23H,5-6,11-13H2,1H3/t14-/m1/s1. The topological polar surface area (TPSA) is 93.1 Å². The van der Waals surface area contributed by atoms with Crippen molar-refractivity contribution in [3.8, 4) is 11.4 Å². The maximum atomic E-state index is 13.1. The van der Waals surface area contributed by atoms with Crippen molar-refractivity contribution in [3.63, 3.8) is 0 Å². The monoisotopic (exact) mass is 437 g/mol. The Balaban J connectivity index is 1.63. The Morgan fingerprint density at radius 3 is 2.81 bits per heavy atom. The molecule has 9 heteroatoms. The normalized spacial score (nSPS) is 20.0. The summed E-state index contributed by atoms with van der Waals surface area (Å²) in [5.74, 6) is 1.28. The average Bonchev–Trinajstić information content (AvgIpc) is 3.37. The Labute approximate surface area is 179 Å². The summed E-state index contributed by atoms with van der Waals surface area (Å²) >= 11 is 0. The van der Waals surface area contributed by atoms with Crippen molar-refractivity contribution < 1.29 is 13.2 Å². The van der Waals surface area contributed by atoms with Crippen molar-refractivity contribution >= 4 is 37.8 Å². The quantitative estimate of drug-likeness (QED) is 0.527. The molecule has 1 atom stereocenters. The van der Waals surface area contributed by atoms with E-state index in [0.29, 0.717) is 44.1 Å². The van der Waals surface area contributed by atoms with Crippen LogP contribution in [0.15, 0.2) is 42.7 Å². The first kappa shape index (κ1) is 18.8. The molecule has 2 fully saturated rings. The summed E-state index contributed by atoms with van der Waals surface area (Å²) in [7, 11) is -3.46. The van der Waals surface area contributed by atoms with Gasteiger partial charge in [-0.1, -0.05) is 12.1 Å². The number of anilines is 1. The predicted molar refractivity (Wildman–Crippen MR) is 120 cm³/mol. The van der Waals surface area contributed by atoms with Gasteiger partial charge >= 0.3 is 0 Å². The molecule has 6 rings (SSSR count). The molecule has 1 aromatic carbocycles. The summed E-state index contributed by atoms with van der Waals surface area (Å²) < 4.78 is 33.2. The highest BCUT2D eigenvalue weighted by Gasteiger charge is 2.38. The number of benzene rings is 1. The smallest absolute Gasteiger partial charge is 0.243 e. The highest BCUT2D eigenvalue weighted by Crippen LogP contribution is 2.36.